The van der Waals surface area contributed by atoms with Gasteiger partial charge in [-0.05, 0) is 12.1 Å². The molecule has 0 amide bonds. The van der Waals surface area contributed by atoms with Crippen LogP contribution >= 0.6 is 0 Å². The van der Waals surface area contributed by atoms with Crippen LogP contribution in [0.25, 0.3) is 0 Å². The first kappa shape index (κ1) is 12.9. The molecule has 2 aromatic rings. The Balaban J connectivity index is 2.39. The Bertz CT molecular complexity index is 624. The fraction of sp³-hybridized carbons (Fsp3) is 0. The van der Waals surface area contributed by atoms with E-state index in [-0.39, 0.29) is 17.1 Å². The van der Waals surface area contributed by atoms with E-state index in [2.05, 4.69) is 10.3 Å². The van der Waals surface area contributed by atoms with E-state index in [1.165, 1.54) is 18.3 Å². The molecule has 19 heavy (non-hydrogen) atoms. The van der Waals surface area contributed by atoms with Crippen molar-refractivity contribution in [3.05, 3.63) is 53.5 Å². The molecule has 0 aliphatic heterocycles. The van der Waals surface area contributed by atoms with E-state index >= 15 is 0 Å². The minimum atomic E-state index is -1.59. The normalized spacial score (nSPS) is 10.3. The fourth-order valence-electron chi connectivity index (χ4n) is 1.44. The summed E-state index contributed by atoms with van der Waals surface area (Å²) in [5.74, 6) is -5.70. The third-order valence-electron chi connectivity index (χ3n) is 2.28. The van der Waals surface area contributed by atoms with Crippen molar-refractivity contribution < 1.29 is 23.1 Å². The molecule has 0 bridgehead atoms. The maximum absolute atomic E-state index is 13.0. The second kappa shape index (κ2) is 4.97. The Morgan fingerprint density at radius 2 is 1.84 bits per heavy atom. The number of carboxylic acid groups (broad SMARTS) is 1. The number of hydrogen-bond donors (Lipinski definition) is 2. The lowest BCUT2D eigenvalue weighted by atomic mass is 10.2. The van der Waals surface area contributed by atoms with Crippen molar-refractivity contribution in [1.82, 2.24) is 4.98 Å². The van der Waals surface area contributed by atoms with Crippen LogP contribution in [0.15, 0.2) is 30.5 Å². The van der Waals surface area contributed by atoms with Gasteiger partial charge in [0.15, 0.2) is 17.5 Å². The molecule has 98 valence electrons. The summed E-state index contributed by atoms with van der Waals surface area (Å²) in [5, 5.41) is 11.3. The van der Waals surface area contributed by atoms with Gasteiger partial charge >= 0.3 is 5.97 Å². The van der Waals surface area contributed by atoms with E-state index in [0.717, 1.165) is 0 Å². The van der Waals surface area contributed by atoms with E-state index in [0.29, 0.717) is 12.1 Å². The van der Waals surface area contributed by atoms with Crippen molar-refractivity contribution in [3.8, 4) is 0 Å². The van der Waals surface area contributed by atoms with Crippen molar-refractivity contribution in [2.75, 3.05) is 5.32 Å². The largest absolute Gasteiger partial charge is 0.478 e. The molecule has 0 saturated heterocycles. The lowest BCUT2D eigenvalue weighted by molar-refractivity contribution is 0.0697. The van der Waals surface area contributed by atoms with Crippen LogP contribution in [0.4, 0.5) is 24.7 Å². The SMILES string of the molecule is O=C(O)c1cccnc1Nc1cc(F)c(F)c(F)c1. The van der Waals surface area contributed by atoms with E-state index < -0.39 is 23.4 Å². The van der Waals surface area contributed by atoms with Gasteiger partial charge in [0.25, 0.3) is 0 Å². The molecule has 0 aliphatic rings. The third kappa shape index (κ3) is 2.65. The molecule has 0 aliphatic carbocycles. The van der Waals surface area contributed by atoms with Crippen LogP contribution in [0, 0.1) is 17.5 Å². The van der Waals surface area contributed by atoms with E-state index in [4.69, 9.17) is 5.11 Å². The Kier molecular flexibility index (Phi) is 3.37. The lowest BCUT2D eigenvalue weighted by Gasteiger charge is -2.08. The second-order valence-corrected chi connectivity index (χ2v) is 3.58. The highest BCUT2D eigenvalue weighted by Crippen LogP contribution is 2.22. The van der Waals surface area contributed by atoms with E-state index in [9.17, 15) is 18.0 Å². The highest BCUT2D eigenvalue weighted by Gasteiger charge is 2.14. The number of aromatic nitrogens is 1. The summed E-state index contributed by atoms with van der Waals surface area (Å²) < 4.78 is 38.8. The fourth-order valence-corrected chi connectivity index (χ4v) is 1.44. The minimum absolute atomic E-state index is 0.0968. The number of carboxylic acids is 1. The standard InChI is InChI=1S/C12H7F3N2O2/c13-8-4-6(5-9(14)10(8)15)17-11-7(12(18)19)2-1-3-16-11/h1-5H,(H,16,17)(H,18,19). The zero-order valence-corrected chi connectivity index (χ0v) is 9.32. The quantitative estimate of drug-likeness (QED) is 0.840. The molecular weight excluding hydrogens is 261 g/mol. The smallest absolute Gasteiger partial charge is 0.339 e. The van der Waals surface area contributed by atoms with Gasteiger partial charge in [-0.2, -0.15) is 0 Å². The van der Waals surface area contributed by atoms with Gasteiger partial charge in [-0.15, -0.1) is 0 Å². The highest BCUT2D eigenvalue weighted by molar-refractivity contribution is 5.93. The predicted octanol–water partition coefficient (Wildman–Crippen LogP) is 2.94. The van der Waals surface area contributed by atoms with E-state index in [1.807, 2.05) is 0 Å². The van der Waals surface area contributed by atoms with Gasteiger partial charge in [0.1, 0.15) is 11.4 Å². The molecule has 0 spiro atoms. The molecule has 1 heterocycles. The first-order valence-corrected chi connectivity index (χ1v) is 5.09. The van der Waals surface area contributed by atoms with Gasteiger partial charge in [-0.25, -0.2) is 22.9 Å². The molecule has 0 radical (unpaired) electrons. The molecule has 0 fully saturated rings. The first-order chi connectivity index (χ1) is 8.99. The third-order valence-corrected chi connectivity index (χ3v) is 2.28. The van der Waals surface area contributed by atoms with Gasteiger partial charge in [0.05, 0.1) is 0 Å². The number of hydrogen-bond acceptors (Lipinski definition) is 3. The van der Waals surface area contributed by atoms with Crippen LogP contribution in [0.5, 0.6) is 0 Å². The Labute approximate surface area is 105 Å². The summed E-state index contributed by atoms with van der Waals surface area (Å²) in [6.07, 6.45) is 1.31. The molecular formula is C12H7F3N2O2. The zero-order chi connectivity index (χ0) is 14.0. The number of anilines is 2. The molecule has 0 saturated carbocycles. The van der Waals surface area contributed by atoms with Gasteiger partial charge in [0.2, 0.25) is 0 Å². The maximum Gasteiger partial charge on any atom is 0.339 e. The highest BCUT2D eigenvalue weighted by atomic mass is 19.2. The average molecular weight is 268 g/mol. The summed E-state index contributed by atoms with van der Waals surface area (Å²) in [6, 6.07) is 4.09. The van der Waals surface area contributed by atoms with Crippen LogP contribution in [0.2, 0.25) is 0 Å². The number of halogens is 3. The van der Waals surface area contributed by atoms with Crippen molar-refractivity contribution in [2.45, 2.75) is 0 Å². The number of benzene rings is 1. The van der Waals surface area contributed by atoms with Gasteiger partial charge in [0, 0.05) is 24.0 Å². The Morgan fingerprint density at radius 3 is 2.42 bits per heavy atom. The molecule has 0 atom stereocenters. The molecule has 7 heteroatoms. The summed E-state index contributed by atoms with van der Waals surface area (Å²) >= 11 is 0. The average Bonchev–Trinajstić information content (AvgIpc) is 2.36. The molecule has 1 aromatic heterocycles. The van der Waals surface area contributed by atoms with Crippen molar-refractivity contribution in [2.24, 2.45) is 0 Å². The molecule has 2 N–H and O–H groups in total. The lowest BCUT2D eigenvalue weighted by Crippen LogP contribution is -2.05. The second-order valence-electron chi connectivity index (χ2n) is 3.58. The van der Waals surface area contributed by atoms with Crippen molar-refractivity contribution in [1.29, 1.82) is 0 Å². The zero-order valence-electron chi connectivity index (χ0n) is 9.32. The summed E-state index contributed by atoms with van der Waals surface area (Å²) in [6.45, 7) is 0. The number of nitrogens with zero attached hydrogens (tertiary/aromatic N) is 1. The molecule has 4 nitrogen and oxygen atoms in total. The summed E-state index contributed by atoms with van der Waals surface area (Å²) in [4.78, 5) is 14.7. The van der Waals surface area contributed by atoms with Gasteiger partial charge < -0.3 is 10.4 Å². The van der Waals surface area contributed by atoms with Crippen LogP contribution in [-0.2, 0) is 0 Å². The van der Waals surface area contributed by atoms with Crippen LogP contribution < -0.4 is 5.32 Å². The Morgan fingerprint density at radius 1 is 1.21 bits per heavy atom. The minimum Gasteiger partial charge on any atom is -0.478 e. The van der Waals surface area contributed by atoms with Crippen molar-refractivity contribution in [3.63, 3.8) is 0 Å². The van der Waals surface area contributed by atoms with Crippen LogP contribution in [0.3, 0.4) is 0 Å². The van der Waals surface area contributed by atoms with Crippen LogP contribution in [0.1, 0.15) is 10.4 Å². The number of pyridine rings is 1. The summed E-state index contributed by atoms with van der Waals surface area (Å²) in [7, 11) is 0. The first-order valence-electron chi connectivity index (χ1n) is 5.09. The van der Waals surface area contributed by atoms with Gasteiger partial charge in [-0.1, -0.05) is 0 Å². The summed E-state index contributed by atoms with van der Waals surface area (Å²) in [5.41, 5.74) is -0.315. The number of rotatable bonds is 3. The molecule has 1 aromatic carbocycles. The van der Waals surface area contributed by atoms with Gasteiger partial charge in [-0.3, -0.25) is 0 Å². The van der Waals surface area contributed by atoms with Crippen LogP contribution in [-0.4, -0.2) is 16.1 Å². The molecule has 0 unspecified atom stereocenters. The topological polar surface area (TPSA) is 62.2 Å². The number of nitrogens with one attached hydrogen (secondary N) is 1. The number of carbonyl (C=O) groups is 1. The monoisotopic (exact) mass is 268 g/mol. The Hall–Kier alpha value is -2.57. The predicted molar refractivity (Wildman–Crippen MR) is 60.8 cm³/mol. The van der Waals surface area contributed by atoms with E-state index in [1.54, 1.807) is 0 Å². The molecule has 2 rings (SSSR count). The maximum atomic E-state index is 13.0. The van der Waals surface area contributed by atoms with Crippen molar-refractivity contribution >= 4 is 17.5 Å². The number of aromatic carboxylic acids is 1.